The highest BCUT2D eigenvalue weighted by molar-refractivity contribution is 6.02. The second-order valence-electron chi connectivity index (χ2n) is 5.93. The summed E-state index contributed by atoms with van der Waals surface area (Å²) in [6.45, 7) is 8.41. The number of benzene rings is 2. The minimum atomic E-state index is 0.512. The average Bonchev–Trinajstić information content (AvgIpc) is 2.52. The van der Waals surface area contributed by atoms with Gasteiger partial charge in [0.1, 0.15) is 17.9 Å². The van der Waals surface area contributed by atoms with Crippen molar-refractivity contribution >= 4 is 16.7 Å². The Balaban J connectivity index is 2.51. The van der Waals surface area contributed by atoms with Crippen molar-refractivity contribution in [3.63, 3.8) is 0 Å². The first-order valence-corrected chi connectivity index (χ1v) is 7.60. The molecule has 4 nitrogen and oxygen atoms in total. The second kappa shape index (κ2) is 5.54. The van der Waals surface area contributed by atoms with Crippen LogP contribution in [-0.2, 0) is 0 Å². The number of nitrogen functional groups attached to an aromatic ring is 1. The quantitative estimate of drug-likeness (QED) is 0.773. The van der Waals surface area contributed by atoms with Crippen LogP contribution in [0.4, 0.5) is 5.82 Å². The molecule has 0 aliphatic carbocycles. The van der Waals surface area contributed by atoms with Crippen molar-refractivity contribution in [3.8, 4) is 16.9 Å². The van der Waals surface area contributed by atoms with Gasteiger partial charge in [0, 0.05) is 10.9 Å². The van der Waals surface area contributed by atoms with E-state index in [-0.39, 0.29) is 0 Å². The van der Waals surface area contributed by atoms with Crippen molar-refractivity contribution in [2.45, 2.75) is 27.7 Å². The van der Waals surface area contributed by atoms with Gasteiger partial charge >= 0.3 is 0 Å². The first-order valence-electron chi connectivity index (χ1n) is 7.60. The predicted octanol–water partition coefficient (Wildman–Crippen LogP) is 4.12. The van der Waals surface area contributed by atoms with Crippen LogP contribution in [0.1, 0.15) is 22.3 Å². The standard InChI is InChI=1S/C19H21N3O/c1-10-6-7-15(23-5)13(4)16(10)17-12(3)11(2)8-14-18(17)21-9-22-19(14)20/h6-9H,1-5H3,(H2,20,21,22). The zero-order valence-corrected chi connectivity index (χ0v) is 14.2. The van der Waals surface area contributed by atoms with Crippen molar-refractivity contribution in [2.75, 3.05) is 12.8 Å². The Bertz CT molecular complexity index is 916. The summed E-state index contributed by atoms with van der Waals surface area (Å²) in [5.74, 6) is 1.39. The van der Waals surface area contributed by atoms with Gasteiger partial charge in [-0.3, -0.25) is 0 Å². The van der Waals surface area contributed by atoms with Crippen molar-refractivity contribution in [2.24, 2.45) is 0 Å². The third kappa shape index (κ3) is 2.31. The predicted molar refractivity (Wildman–Crippen MR) is 94.9 cm³/mol. The lowest BCUT2D eigenvalue weighted by atomic mass is 9.88. The van der Waals surface area contributed by atoms with Crippen LogP contribution >= 0.6 is 0 Å². The number of hydrogen-bond donors (Lipinski definition) is 1. The number of hydrogen-bond acceptors (Lipinski definition) is 4. The Kier molecular flexibility index (Phi) is 3.68. The maximum absolute atomic E-state index is 6.08. The molecule has 0 spiro atoms. The maximum atomic E-state index is 6.08. The summed E-state index contributed by atoms with van der Waals surface area (Å²) in [4.78, 5) is 8.66. The highest BCUT2D eigenvalue weighted by atomic mass is 16.5. The van der Waals surface area contributed by atoms with Crippen LogP contribution in [0.15, 0.2) is 24.5 Å². The number of anilines is 1. The van der Waals surface area contributed by atoms with Gasteiger partial charge in [-0.15, -0.1) is 0 Å². The van der Waals surface area contributed by atoms with Crippen LogP contribution in [0.3, 0.4) is 0 Å². The zero-order chi connectivity index (χ0) is 16.7. The fraction of sp³-hybridized carbons (Fsp3) is 0.263. The molecule has 1 heterocycles. The molecule has 0 aliphatic rings. The Morgan fingerprint density at radius 2 is 1.65 bits per heavy atom. The van der Waals surface area contributed by atoms with Crippen LogP contribution in [-0.4, -0.2) is 17.1 Å². The minimum absolute atomic E-state index is 0.512. The van der Waals surface area contributed by atoms with Gasteiger partial charge in [-0.2, -0.15) is 0 Å². The summed E-state index contributed by atoms with van der Waals surface area (Å²) in [7, 11) is 1.70. The SMILES string of the molecule is COc1ccc(C)c(-c2c(C)c(C)cc3c(N)ncnc23)c1C. The van der Waals surface area contributed by atoms with Gasteiger partial charge in [-0.25, -0.2) is 9.97 Å². The third-order valence-electron chi connectivity index (χ3n) is 4.57. The van der Waals surface area contributed by atoms with Gasteiger partial charge in [0.25, 0.3) is 0 Å². The molecule has 2 N–H and O–H groups in total. The summed E-state index contributed by atoms with van der Waals surface area (Å²) in [5, 5.41) is 0.896. The van der Waals surface area contributed by atoms with Gasteiger partial charge < -0.3 is 10.5 Å². The van der Waals surface area contributed by atoms with Crippen molar-refractivity contribution < 1.29 is 4.74 Å². The van der Waals surface area contributed by atoms with E-state index in [2.05, 4.69) is 49.8 Å². The number of aromatic nitrogens is 2. The van der Waals surface area contributed by atoms with E-state index >= 15 is 0 Å². The molecule has 1 aromatic heterocycles. The van der Waals surface area contributed by atoms with Crippen LogP contribution in [0, 0.1) is 27.7 Å². The number of rotatable bonds is 2. The van der Waals surface area contributed by atoms with Gasteiger partial charge in [-0.05, 0) is 67.6 Å². The average molecular weight is 307 g/mol. The Morgan fingerprint density at radius 1 is 0.913 bits per heavy atom. The summed E-state index contributed by atoms with van der Waals surface area (Å²) < 4.78 is 5.51. The molecule has 2 aromatic carbocycles. The van der Waals surface area contributed by atoms with E-state index in [4.69, 9.17) is 10.5 Å². The van der Waals surface area contributed by atoms with E-state index in [0.717, 1.165) is 33.3 Å². The van der Waals surface area contributed by atoms with E-state index in [1.54, 1.807) is 7.11 Å². The van der Waals surface area contributed by atoms with Crippen LogP contribution < -0.4 is 10.5 Å². The number of nitrogens with zero attached hydrogens (tertiary/aromatic N) is 2. The highest BCUT2D eigenvalue weighted by Gasteiger charge is 2.18. The minimum Gasteiger partial charge on any atom is -0.496 e. The molecule has 0 amide bonds. The van der Waals surface area contributed by atoms with Crippen molar-refractivity contribution in [1.29, 1.82) is 0 Å². The maximum Gasteiger partial charge on any atom is 0.134 e. The molecular weight excluding hydrogens is 286 g/mol. The van der Waals surface area contributed by atoms with E-state index in [1.807, 2.05) is 6.07 Å². The molecule has 23 heavy (non-hydrogen) atoms. The Morgan fingerprint density at radius 3 is 2.35 bits per heavy atom. The smallest absolute Gasteiger partial charge is 0.134 e. The zero-order valence-electron chi connectivity index (χ0n) is 14.2. The fourth-order valence-corrected chi connectivity index (χ4v) is 3.19. The highest BCUT2D eigenvalue weighted by Crippen LogP contribution is 2.40. The first-order chi connectivity index (χ1) is 11.0. The molecule has 0 radical (unpaired) electrons. The van der Waals surface area contributed by atoms with Crippen molar-refractivity contribution in [1.82, 2.24) is 9.97 Å². The third-order valence-corrected chi connectivity index (χ3v) is 4.57. The number of aryl methyl sites for hydroxylation is 2. The fourth-order valence-electron chi connectivity index (χ4n) is 3.19. The summed E-state index contributed by atoms with van der Waals surface area (Å²) in [5.41, 5.74) is 13.9. The van der Waals surface area contributed by atoms with Gasteiger partial charge in [0.05, 0.1) is 12.6 Å². The van der Waals surface area contributed by atoms with E-state index < -0.39 is 0 Å². The molecule has 0 saturated heterocycles. The second-order valence-corrected chi connectivity index (χ2v) is 5.93. The molecular formula is C19H21N3O. The normalized spacial score (nSPS) is 11.0. The van der Waals surface area contributed by atoms with E-state index in [0.29, 0.717) is 5.82 Å². The Labute approximate surface area is 136 Å². The molecule has 0 unspecified atom stereocenters. The lowest BCUT2D eigenvalue weighted by Crippen LogP contribution is -2.01. The lowest BCUT2D eigenvalue weighted by Gasteiger charge is -2.19. The molecule has 0 fully saturated rings. The molecule has 0 bridgehead atoms. The summed E-state index contributed by atoms with van der Waals surface area (Å²) in [6, 6.07) is 6.15. The van der Waals surface area contributed by atoms with Crippen LogP contribution in [0.25, 0.3) is 22.0 Å². The molecule has 118 valence electrons. The molecule has 0 aliphatic heterocycles. The first kappa shape index (κ1) is 15.3. The number of ether oxygens (including phenoxy) is 1. The monoisotopic (exact) mass is 307 g/mol. The van der Waals surface area contributed by atoms with Gasteiger partial charge in [0.15, 0.2) is 0 Å². The van der Waals surface area contributed by atoms with Crippen molar-refractivity contribution in [3.05, 3.63) is 46.8 Å². The van der Waals surface area contributed by atoms with E-state index in [1.165, 1.54) is 23.0 Å². The number of nitrogens with two attached hydrogens (primary N) is 1. The largest absolute Gasteiger partial charge is 0.496 e. The number of methoxy groups -OCH3 is 1. The van der Waals surface area contributed by atoms with Crippen LogP contribution in [0.2, 0.25) is 0 Å². The summed E-state index contributed by atoms with van der Waals surface area (Å²) in [6.07, 6.45) is 1.53. The topological polar surface area (TPSA) is 61.0 Å². The molecule has 0 atom stereocenters. The van der Waals surface area contributed by atoms with Gasteiger partial charge in [0.2, 0.25) is 0 Å². The molecule has 0 saturated carbocycles. The van der Waals surface area contributed by atoms with Gasteiger partial charge in [-0.1, -0.05) is 6.07 Å². The van der Waals surface area contributed by atoms with E-state index in [9.17, 15) is 0 Å². The number of fused-ring (bicyclic) bond motifs is 1. The Hall–Kier alpha value is -2.62. The lowest BCUT2D eigenvalue weighted by molar-refractivity contribution is 0.412. The molecule has 3 aromatic rings. The molecule has 3 rings (SSSR count). The molecule has 4 heteroatoms. The van der Waals surface area contributed by atoms with Crippen LogP contribution in [0.5, 0.6) is 5.75 Å². The summed E-state index contributed by atoms with van der Waals surface area (Å²) >= 11 is 0.